The van der Waals surface area contributed by atoms with Gasteiger partial charge in [-0.25, -0.2) is 0 Å². The molecule has 0 N–H and O–H groups in total. The van der Waals surface area contributed by atoms with Crippen LogP contribution in [0.5, 0.6) is 11.5 Å². The van der Waals surface area contributed by atoms with Gasteiger partial charge in [0.05, 0.1) is 7.11 Å². The zero-order valence-electron chi connectivity index (χ0n) is 15.4. The third-order valence-electron chi connectivity index (χ3n) is 3.97. The number of rotatable bonds is 7. The van der Waals surface area contributed by atoms with Gasteiger partial charge >= 0.3 is 33.4 Å². The fraction of sp³-hybridized carbons (Fsp3) is 0.294. The lowest BCUT2D eigenvalue weighted by atomic mass is 10.0. The van der Waals surface area contributed by atoms with E-state index in [1.54, 1.807) is 0 Å². The SMILES string of the molecule is COc1ccc(-c2cc(Cl)ccc2OS(=O)(=O)C(F)(F)C(F)(F)C(F)(F)C(F)(F)F)cc1. The van der Waals surface area contributed by atoms with Gasteiger partial charge in [-0.1, -0.05) is 23.7 Å². The number of hydrogen-bond donors (Lipinski definition) is 0. The Morgan fingerprint density at radius 3 is 1.81 bits per heavy atom. The highest BCUT2D eigenvalue weighted by atomic mass is 35.5. The smallest absolute Gasteiger partial charge is 0.460 e. The molecule has 0 saturated carbocycles. The summed E-state index contributed by atoms with van der Waals surface area (Å²) in [7, 11) is -5.80. The van der Waals surface area contributed by atoms with Crippen molar-refractivity contribution in [3.63, 3.8) is 0 Å². The van der Waals surface area contributed by atoms with Crippen molar-refractivity contribution in [3.8, 4) is 22.6 Å². The van der Waals surface area contributed by atoms with E-state index in [1.165, 1.54) is 31.4 Å². The highest BCUT2D eigenvalue weighted by Crippen LogP contribution is 2.55. The van der Waals surface area contributed by atoms with Crippen LogP contribution in [0.1, 0.15) is 0 Å². The van der Waals surface area contributed by atoms with E-state index >= 15 is 0 Å². The van der Waals surface area contributed by atoms with Gasteiger partial charge in [0.2, 0.25) is 0 Å². The predicted molar refractivity (Wildman–Crippen MR) is 93.9 cm³/mol. The lowest BCUT2D eigenvalue weighted by Gasteiger charge is -2.32. The standard InChI is InChI=1S/C17H10ClF9O4S/c1-30-11-5-2-9(3-6-11)12-8-10(18)4-7-13(12)31-32(28,29)17(26,27)15(21,22)14(19,20)16(23,24)25/h2-8H,1H3. The molecule has 4 nitrogen and oxygen atoms in total. The molecule has 32 heavy (non-hydrogen) atoms. The van der Waals surface area contributed by atoms with Crippen molar-refractivity contribution < 1.29 is 56.9 Å². The van der Waals surface area contributed by atoms with Crippen LogP contribution in [0.4, 0.5) is 39.5 Å². The van der Waals surface area contributed by atoms with Gasteiger partial charge in [0.25, 0.3) is 0 Å². The monoisotopic (exact) mass is 516 g/mol. The maximum atomic E-state index is 13.9. The van der Waals surface area contributed by atoms with E-state index in [9.17, 15) is 47.9 Å². The molecule has 0 atom stereocenters. The summed E-state index contributed by atoms with van der Waals surface area (Å²) in [6.45, 7) is 0. The van der Waals surface area contributed by atoms with Gasteiger partial charge < -0.3 is 8.92 Å². The Bertz CT molecular complexity index is 1080. The second kappa shape index (κ2) is 8.21. The van der Waals surface area contributed by atoms with Crippen molar-refractivity contribution >= 4 is 21.7 Å². The molecular formula is C17H10ClF9O4S. The van der Waals surface area contributed by atoms with Crippen molar-refractivity contribution in [1.82, 2.24) is 0 Å². The third kappa shape index (κ3) is 4.29. The number of ether oxygens (including phenoxy) is 1. The number of halogens is 10. The molecule has 2 aromatic rings. The minimum atomic E-state index is -7.41. The average Bonchev–Trinajstić information content (AvgIpc) is 2.68. The van der Waals surface area contributed by atoms with E-state index in [4.69, 9.17) is 16.3 Å². The van der Waals surface area contributed by atoms with E-state index in [0.29, 0.717) is 11.8 Å². The van der Waals surface area contributed by atoms with Gasteiger partial charge in [-0.15, -0.1) is 0 Å². The first-order valence-electron chi connectivity index (χ1n) is 7.97. The molecule has 2 rings (SSSR count). The van der Waals surface area contributed by atoms with Crippen molar-refractivity contribution in [2.24, 2.45) is 0 Å². The molecule has 0 bridgehead atoms. The van der Waals surface area contributed by atoms with Gasteiger partial charge in [0.1, 0.15) is 5.75 Å². The summed E-state index contributed by atoms with van der Waals surface area (Å²) in [6, 6.07) is 7.58. The van der Waals surface area contributed by atoms with Gasteiger partial charge in [0.15, 0.2) is 5.75 Å². The van der Waals surface area contributed by atoms with E-state index in [1.807, 2.05) is 0 Å². The van der Waals surface area contributed by atoms with Crippen LogP contribution in [-0.4, -0.2) is 38.8 Å². The Kier molecular flexibility index (Phi) is 6.65. The summed E-state index contributed by atoms with van der Waals surface area (Å²) >= 11 is 5.75. The molecule has 0 aliphatic carbocycles. The van der Waals surface area contributed by atoms with Crippen molar-refractivity contribution in [1.29, 1.82) is 0 Å². The largest absolute Gasteiger partial charge is 0.497 e. The Morgan fingerprint density at radius 1 is 0.812 bits per heavy atom. The van der Waals surface area contributed by atoms with Crippen LogP contribution >= 0.6 is 11.6 Å². The number of hydrogen-bond acceptors (Lipinski definition) is 4. The maximum absolute atomic E-state index is 13.9. The first-order valence-corrected chi connectivity index (χ1v) is 9.76. The zero-order chi connectivity index (χ0) is 24.8. The van der Waals surface area contributed by atoms with Crippen molar-refractivity contribution in [2.75, 3.05) is 7.11 Å². The molecule has 15 heteroatoms. The van der Waals surface area contributed by atoms with E-state index in [-0.39, 0.29) is 16.1 Å². The van der Waals surface area contributed by atoms with E-state index in [2.05, 4.69) is 4.18 Å². The van der Waals surface area contributed by atoms with Crippen molar-refractivity contribution in [3.05, 3.63) is 47.5 Å². The molecule has 0 aliphatic rings. The Hall–Kier alpha value is -2.35. The quantitative estimate of drug-likeness (QED) is 0.327. The molecular weight excluding hydrogens is 507 g/mol. The first kappa shape index (κ1) is 25.9. The average molecular weight is 517 g/mol. The molecule has 0 heterocycles. The van der Waals surface area contributed by atoms with Crippen LogP contribution in [0, 0.1) is 0 Å². The first-order chi connectivity index (χ1) is 14.4. The summed E-state index contributed by atoms with van der Waals surface area (Å²) in [5, 5.41) is -7.10. The molecule has 0 aromatic heterocycles. The second-order valence-corrected chi connectivity index (χ2v) is 8.09. The van der Waals surface area contributed by atoms with Gasteiger partial charge in [0, 0.05) is 10.6 Å². The molecule has 0 radical (unpaired) electrons. The molecule has 0 amide bonds. The molecule has 0 unspecified atom stereocenters. The third-order valence-corrected chi connectivity index (χ3v) is 5.49. The van der Waals surface area contributed by atoms with E-state index < -0.39 is 39.1 Å². The van der Waals surface area contributed by atoms with Crippen LogP contribution in [0.2, 0.25) is 5.02 Å². The summed E-state index contributed by atoms with van der Waals surface area (Å²) in [5.74, 6) is -15.6. The maximum Gasteiger partial charge on any atom is 0.460 e. The van der Waals surface area contributed by atoms with Crippen LogP contribution in [-0.2, 0) is 10.1 Å². The normalized spacial score (nSPS) is 13.7. The lowest BCUT2D eigenvalue weighted by Crippen LogP contribution is -2.63. The minimum absolute atomic E-state index is 0.0224. The Morgan fingerprint density at radius 2 is 1.34 bits per heavy atom. The predicted octanol–water partition coefficient (Wildman–Crippen LogP) is 6.15. The van der Waals surface area contributed by atoms with Crippen LogP contribution in [0.3, 0.4) is 0 Å². The summed E-state index contributed by atoms with van der Waals surface area (Å²) in [4.78, 5) is 0. The van der Waals surface area contributed by atoms with Gasteiger partial charge in [-0.05, 0) is 35.9 Å². The fourth-order valence-corrected chi connectivity index (χ4v) is 3.36. The van der Waals surface area contributed by atoms with Crippen LogP contribution in [0.15, 0.2) is 42.5 Å². The Balaban J connectivity index is 2.56. The molecule has 0 aliphatic heterocycles. The number of methoxy groups -OCH3 is 1. The highest BCUT2D eigenvalue weighted by molar-refractivity contribution is 7.88. The zero-order valence-corrected chi connectivity index (χ0v) is 16.9. The summed E-state index contributed by atoms with van der Waals surface area (Å²) < 4.78 is 150. The molecule has 0 fully saturated rings. The molecule has 2 aromatic carbocycles. The fourth-order valence-electron chi connectivity index (χ4n) is 2.26. The topological polar surface area (TPSA) is 52.6 Å². The Labute approximate surface area is 179 Å². The summed E-state index contributed by atoms with van der Waals surface area (Å²) in [5.41, 5.74) is -0.361. The summed E-state index contributed by atoms with van der Waals surface area (Å²) in [6.07, 6.45) is -7.19. The highest BCUT2D eigenvalue weighted by Gasteiger charge is 2.86. The van der Waals surface area contributed by atoms with Gasteiger partial charge in [-0.3, -0.25) is 0 Å². The van der Waals surface area contributed by atoms with Crippen LogP contribution in [0.25, 0.3) is 11.1 Å². The molecule has 0 saturated heterocycles. The van der Waals surface area contributed by atoms with E-state index in [0.717, 1.165) is 12.1 Å². The van der Waals surface area contributed by atoms with Gasteiger partial charge in [-0.2, -0.15) is 47.9 Å². The lowest BCUT2D eigenvalue weighted by molar-refractivity contribution is -0.382. The number of alkyl halides is 9. The van der Waals surface area contributed by atoms with Crippen LogP contribution < -0.4 is 8.92 Å². The van der Waals surface area contributed by atoms with Crippen molar-refractivity contribution in [2.45, 2.75) is 23.3 Å². The molecule has 0 spiro atoms. The molecule has 178 valence electrons. The number of benzene rings is 2. The second-order valence-electron chi connectivity index (χ2n) is 6.07. The minimum Gasteiger partial charge on any atom is -0.497 e.